The Bertz CT molecular complexity index is 702. The SMILES string of the molecule is COCc1cccc(C(=O)N2CCC2c2cccc(OC)c2)n1. The number of pyridine rings is 1. The average Bonchev–Trinajstić information content (AvgIpc) is 2.54. The molecule has 2 heterocycles. The molecule has 0 aliphatic carbocycles. The number of methoxy groups -OCH3 is 2. The second-order valence-electron chi connectivity index (χ2n) is 5.53. The summed E-state index contributed by atoms with van der Waals surface area (Å²) in [6.07, 6.45) is 0.955. The standard InChI is InChI=1S/C18H20N2O3/c1-22-12-14-6-4-8-16(19-14)18(21)20-10-9-17(20)13-5-3-7-15(11-13)23-2/h3-8,11,17H,9-10,12H2,1-2H3. The Morgan fingerprint density at radius 3 is 2.78 bits per heavy atom. The van der Waals surface area contributed by atoms with Gasteiger partial charge in [0, 0.05) is 13.7 Å². The van der Waals surface area contributed by atoms with Gasteiger partial charge in [-0.05, 0) is 36.2 Å². The van der Waals surface area contributed by atoms with Gasteiger partial charge in [-0.3, -0.25) is 4.79 Å². The molecule has 1 aliphatic rings. The van der Waals surface area contributed by atoms with Crippen LogP contribution in [-0.2, 0) is 11.3 Å². The van der Waals surface area contributed by atoms with Gasteiger partial charge in [-0.15, -0.1) is 0 Å². The maximum atomic E-state index is 12.7. The second-order valence-corrected chi connectivity index (χ2v) is 5.53. The molecule has 0 bridgehead atoms. The van der Waals surface area contributed by atoms with E-state index in [-0.39, 0.29) is 11.9 Å². The highest BCUT2D eigenvalue weighted by molar-refractivity contribution is 5.93. The zero-order chi connectivity index (χ0) is 16.2. The molecule has 1 saturated heterocycles. The molecule has 1 fully saturated rings. The Morgan fingerprint density at radius 1 is 1.26 bits per heavy atom. The minimum absolute atomic E-state index is 0.0398. The van der Waals surface area contributed by atoms with Gasteiger partial charge < -0.3 is 14.4 Å². The third-order valence-corrected chi connectivity index (χ3v) is 4.08. The van der Waals surface area contributed by atoms with Crippen LogP contribution in [0.15, 0.2) is 42.5 Å². The van der Waals surface area contributed by atoms with E-state index in [0.29, 0.717) is 12.3 Å². The third-order valence-electron chi connectivity index (χ3n) is 4.08. The zero-order valence-corrected chi connectivity index (χ0v) is 13.4. The molecule has 5 heteroatoms. The Hall–Kier alpha value is -2.40. The molecule has 1 unspecified atom stereocenters. The first-order valence-corrected chi connectivity index (χ1v) is 7.62. The molecular formula is C18H20N2O3. The number of benzene rings is 1. The van der Waals surface area contributed by atoms with E-state index in [9.17, 15) is 4.79 Å². The van der Waals surface area contributed by atoms with Crippen LogP contribution in [0.2, 0.25) is 0 Å². The minimum atomic E-state index is -0.0398. The Labute approximate surface area is 135 Å². The maximum Gasteiger partial charge on any atom is 0.272 e. The fourth-order valence-electron chi connectivity index (χ4n) is 2.80. The molecule has 1 aliphatic heterocycles. The van der Waals surface area contributed by atoms with Crippen molar-refractivity contribution < 1.29 is 14.3 Å². The summed E-state index contributed by atoms with van der Waals surface area (Å²) in [5, 5.41) is 0. The first-order chi connectivity index (χ1) is 11.2. The van der Waals surface area contributed by atoms with Crippen molar-refractivity contribution in [3.05, 3.63) is 59.4 Å². The van der Waals surface area contributed by atoms with E-state index in [0.717, 1.165) is 30.0 Å². The summed E-state index contributed by atoms with van der Waals surface area (Å²) < 4.78 is 10.3. The van der Waals surface area contributed by atoms with Crippen LogP contribution in [0, 0.1) is 0 Å². The average molecular weight is 312 g/mol. The molecule has 1 amide bonds. The highest BCUT2D eigenvalue weighted by Crippen LogP contribution is 2.35. The van der Waals surface area contributed by atoms with Gasteiger partial charge >= 0.3 is 0 Å². The van der Waals surface area contributed by atoms with E-state index in [2.05, 4.69) is 4.98 Å². The van der Waals surface area contributed by atoms with Crippen molar-refractivity contribution in [3.8, 4) is 5.75 Å². The van der Waals surface area contributed by atoms with Gasteiger partial charge in [0.1, 0.15) is 11.4 Å². The number of hydrogen-bond donors (Lipinski definition) is 0. The Morgan fingerprint density at radius 2 is 2.09 bits per heavy atom. The van der Waals surface area contributed by atoms with Crippen LogP contribution in [0.3, 0.4) is 0 Å². The van der Waals surface area contributed by atoms with Gasteiger partial charge in [0.05, 0.1) is 25.5 Å². The number of carbonyl (C=O) groups excluding carboxylic acids is 1. The lowest BCUT2D eigenvalue weighted by Crippen LogP contribution is -2.45. The molecule has 0 N–H and O–H groups in total. The van der Waals surface area contributed by atoms with E-state index >= 15 is 0 Å². The van der Waals surface area contributed by atoms with Crippen molar-refractivity contribution in [2.75, 3.05) is 20.8 Å². The minimum Gasteiger partial charge on any atom is -0.497 e. The third kappa shape index (κ3) is 3.19. The smallest absolute Gasteiger partial charge is 0.272 e. The molecule has 1 aromatic heterocycles. The predicted octanol–water partition coefficient (Wildman–Crippen LogP) is 2.82. The molecule has 0 radical (unpaired) electrons. The van der Waals surface area contributed by atoms with Crippen LogP contribution in [0.5, 0.6) is 5.75 Å². The van der Waals surface area contributed by atoms with Gasteiger partial charge in [0.2, 0.25) is 0 Å². The highest BCUT2D eigenvalue weighted by atomic mass is 16.5. The molecule has 0 spiro atoms. The summed E-state index contributed by atoms with van der Waals surface area (Å²) in [6, 6.07) is 13.4. The van der Waals surface area contributed by atoms with Crippen molar-refractivity contribution in [2.24, 2.45) is 0 Å². The van der Waals surface area contributed by atoms with Crippen LogP contribution in [0.1, 0.15) is 34.2 Å². The molecule has 23 heavy (non-hydrogen) atoms. The van der Waals surface area contributed by atoms with Crippen molar-refractivity contribution >= 4 is 5.91 Å². The number of amides is 1. The van der Waals surface area contributed by atoms with E-state index in [1.807, 2.05) is 41.3 Å². The number of hydrogen-bond acceptors (Lipinski definition) is 4. The fourth-order valence-corrected chi connectivity index (χ4v) is 2.80. The summed E-state index contributed by atoms with van der Waals surface area (Å²) >= 11 is 0. The maximum absolute atomic E-state index is 12.7. The summed E-state index contributed by atoms with van der Waals surface area (Å²) in [5.74, 6) is 0.768. The largest absolute Gasteiger partial charge is 0.497 e. The van der Waals surface area contributed by atoms with Crippen LogP contribution < -0.4 is 4.74 Å². The first kappa shape index (κ1) is 15.5. The molecule has 2 aromatic rings. The van der Waals surface area contributed by atoms with E-state index in [1.54, 1.807) is 20.3 Å². The van der Waals surface area contributed by atoms with Crippen LogP contribution in [0.25, 0.3) is 0 Å². The monoisotopic (exact) mass is 312 g/mol. The van der Waals surface area contributed by atoms with Gasteiger partial charge in [-0.2, -0.15) is 0 Å². The number of nitrogens with zero attached hydrogens (tertiary/aromatic N) is 2. The van der Waals surface area contributed by atoms with Crippen LogP contribution in [0.4, 0.5) is 0 Å². The van der Waals surface area contributed by atoms with Crippen molar-refractivity contribution in [1.29, 1.82) is 0 Å². The number of carbonyl (C=O) groups is 1. The van der Waals surface area contributed by atoms with Gasteiger partial charge in [-0.25, -0.2) is 4.98 Å². The molecule has 0 saturated carbocycles. The van der Waals surface area contributed by atoms with Crippen molar-refractivity contribution in [3.63, 3.8) is 0 Å². The normalized spacial score (nSPS) is 16.8. The van der Waals surface area contributed by atoms with Crippen LogP contribution >= 0.6 is 0 Å². The lowest BCUT2D eigenvalue weighted by molar-refractivity contribution is 0.0453. The first-order valence-electron chi connectivity index (χ1n) is 7.62. The van der Waals surface area contributed by atoms with Crippen molar-refractivity contribution in [1.82, 2.24) is 9.88 Å². The lowest BCUT2D eigenvalue weighted by Gasteiger charge is -2.41. The van der Waals surface area contributed by atoms with Crippen LogP contribution in [-0.4, -0.2) is 36.6 Å². The number of likely N-dealkylation sites (tertiary alicyclic amines) is 1. The summed E-state index contributed by atoms with van der Waals surface area (Å²) in [7, 11) is 3.26. The summed E-state index contributed by atoms with van der Waals surface area (Å²) in [4.78, 5) is 19.0. The zero-order valence-electron chi connectivity index (χ0n) is 13.4. The molecule has 3 rings (SSSR count). The Kier molecular flexibility index (Phi) is 4.57. The topological polar surface area (TPSA) is 51.7 Å². The highest BCUT2D eigenvalue weighted by Gasteiger charge is 2.34. The molecular weight excluding hydrogens is 292 g/mol. The summed E-state index contributed by atoms with van der Waals surface area (Å²) in [6.45, 7) is 1.15. The lowest BCUT2D eigenvalue weighted by atomic mass is 9.94. The van der Waals surface area contributed by atoms with E-state index in [1.165, 1.54) is 0 Å². The summed E-state index contributed by atoms with van der Waals surface area (Å²) in [5.41, 5.74) is 2.32. The molecule has 5 nitrogen and oxygen atoms in total. The van der Waals surface area contributed by atoms with Crippen molar-refractivity contribution in [2.45, 2.75) is 19.1 Å². The number of aromatic nitrogens is 1. The number of rotatable bonds is 5. The molecule has 1 aromatic carbocycles. The molecule has 120 valence electrons. The van der Waals surface area contributed by atoms with E-state index < -0.39 is 0 Å². The second kappa shape index (κ2) is 6.79. The predicted molar refractivity (Wildman–Crippen MR) is 86.3 cm³/mol. The molecule has 1 atom stereocenters. The Balaban J connectivity index is 1.78. The quantitative estimate of drug-likeness (QED) is 0.852. The number of ether oxygens (including phenoxy) is 2. The fraction of sp³-hybridized carbons (Fsp3) is 0.333. The van der Waals surface area contributed by atoms with Gasteiger partial charge in [-0.1, -0.05) is 18.2 Å². The van der Waals surface area contributed by atoms with Gasteiger partial charge in [0.15, 0.2) is 0 Å². The van der Waals surface area contributed by atoms with E-state index in [4.69, 9.17) is 9.47 Å². The van der Waals surface area contributed by atoms with Gasteiger partial charge in [0.25, 0.3) is 5.91 Å².